The number of rotatable bonds is 5. The fourth-order valence-electron chi connectivity index (χ4n) is 2.75. The van der Waals surface area contributed by atoms with Gasteiger partial charge in [0.1, 0.15) is 0 Å². The lowest BCUT2D eigenvalue weighted by atomic mass is 9.95. The first kappa shape index (κ1) is 17.8. The Kier molecular flexibility index (Phi) is 4.88. The van der Waals surface area contributed by atoms with Crippen LogP contribution in [0.15, 0.2) is 57.7 Å². The van der Waals surface area contributed by atoms with Gasteiger partial charge in [-0.2, -0.15) is 0 Å². The number of carbonyl (C=O) groups is 1. The number of oxazole rings is 1. The lowest BCUT2D eigenvalue weighted by Crippen LogP contribution is -2.34. The van der Waals surface area contributed by atoms with Crippen LogP contribution in [0.25, 0.3) is 11.1 Å². The normalized spacial score (nSPS) is 13.5. The zero-order chi connectivity index (χ0) is 18.8. The summed E-state index contributed by atoms with van der Waals surface area (Å²) < 4.78 is 5.79. The highest BCUT2D eigenvalue weighted by atomic mass is 35.5. The molecule has 2 atom stereocenters. The van der Waals surface area contributed by atoms with Crippen molar-refractivity contribution in [1.29, 1.82) is 0 Å². The van der Waals surface area contributed by atoms with Gasteiger partial charge in [0.2, 0.25) is 5.91 Å². The molecule has 3 rings (SSSR count). The van der Waals surface area contributed by atoms with Crippen molar-refractivity contribution in [2.75, 3.05) is 5.88 Å². The highest BCUT2D eigenvalue weighted by molar-refractivity contribution is 6.19. The van der Waals surface area contributed by atoms with E-state index in [1.54, 1.807) is 12.1 Å². The van der Waals surface area contributed by atoms with Gasteiger partial charge in [-0.1, -0.05) is 24.3 Å². The second-order valence-electron chi connectivity index (χ2n) is 5.53. The van der Waals surface area contributed by atoms with E-state index in [-0.39, 0.29) is 28.2 Å². The molecule has 3 aromatic rings. The second kappa shape index (κ2) is 7.11. The number of nitro benzene ring substituents is 1. The van der Waals surface area contributed by atoms with E-state index in [4.69, 9.17) is 16.0 Å². The van der Waals surface area contributed by atoms with Gasteiger partial charge >= 0.3 is 5.76 Å². The van der Waals surface area contributed by atoms with Crippen LogP contribution in [0.5, 0.6) is 0 Å². The molecule has 0 spiro atoms. The number of alkyl halides is 1. The van der Waals surface area contributed by atoms with Gasteiger partial charge < -0.3 is 9.52 Å². The van der Waals surface area contributed by atoms with Gasteiger partial charge in [0.15, 0.2) is 5.58 Å². The fraction of sp³-hybridized carbons (Fsp3) is 0.176. The van der Waals surface area contributed by atoms with E-state index in [9.17, 15) is 24.8 Å². The molecule has 1 N–H and O–H groups in total. The predicted octanol–water partition coefficient (Wildman–Crippen LogP) is 2.73. The Bertz CT molecular complexity index is 1040. The van der Waals surface area contributed by atoms with Gasteiger partial charge in [-0.15, -0.1) is 11.6 Å². The minimum absolute atomic E-state index is 0.0580. The average molecular weight is 377 g/mol. The van der Waals surface area contributed by atoms with E-state index in [1.807, 2.05) is 0 Å². The average Bonchev–Trinajstić information content (AvgIpc) is 2.97. The third-order valence-corrected chi connectivity index (χ3v) is 4.36. The zero-order valence-electron chi connectivity index (χ0n) is 13.2. The van der Waals surface area contributed by atoms with E-state index in [1.165, 1.54) is 36.4 Å². The number of fused-ring (bicyclic) bond motifs is 1. The molecule has 8 nitrogen and oxygen atoms in total. The number of hydrogen-bond acceptors (Lipinski definition) is 6. The fourth-order valence-corrected chi connectivity index (χ4v) is 3.05. The molecule has 0 aliphatic heterocycles. The third kappa shape index (κ3) is 3.00. The molecule has 0 fully saturated rings. The maximum Gasteiger partial charge on any atom is 0.426 e. The van der Waals surface area contributed by atoms with Gasteiger partial charge in [0, 0.05) is 11.9 Å². The van der Waals surface area contributed by atoms with E-state index in [0.717, 1.165) is 4.57 Å². The van der Waals surface area contributed by atoms with Crippen LogP contribution in [0.2, 0.25) is 0 Å². The Morgan fingerprint density at radius 2 is 1.88 bits per heavy atom. The summed E-state index contributed by atoms with van der Waals surface area (Å²) in [5.74, 6) is -3.35. The summed E-state index contributed by atoms with van der Waals surface area (Å²) in [5, 5.41) is 21.8. The highest BCUT2D eigenvalue weighted by Gasteiger charge is 2.34. The number of carbonyl (C=O) groups excluding carboxylic acids is 1. The number of aliphatic hydroxyl groups excluding tert-OH is 1. The number of hydrogen-bond donors (Lipinski definition) is 1. The maximum atomic E-state index is 12.9. The van der Waals surface area contributed by atoms with Gasteiger partial charge in [0.25, 0.3) is 5.69 Å². The minimum atomic E-state index is -1.57. The van der Waals surface area contributed by atoms with Crippen LogP contribution < -0.4 is 5.76 Å². The number of para-hydroxylation sites is 3. The second-order valence-corrected chi connectivity index (χ2v) is 5.84. The van der Waals surface area contributed by atoms with E-state index >= 15 is 0 Å². The number of nitro groups is 1. The van der Waals surface area contributed by atoms with Crippen LogP contribution in [0.4, 0.5) is 5.69 Å². The maximum absolute atomic E-state index is 12.9. The molecule has 0 aliphatic rings. The van der Waals surface area contributed by atoms with Crippen LogP contribution >= 0.6 is 11.6 Å². The van der Waals surface area contributed by atoms with E-state index < -0.39 is 28.6 Å². The van der Waals surface area contributed by atoms with Crippen molar-refractivity contribution in [2.24, 2.45) is 5.92 Å². The number of benzene rings is 2. The molecule has 0 amide bonds. The van der Waals surface area contributed by atoms with Crippen molar-refractivity contribution >= 4 is 34.3 Å². The molecule has 9 heteroatoms. The van der Waals surface area contributed by atoms with Crippen LogP contribution in [0.1, 0.15) is 16.5 Å². The van der Waals surface area contributed by atoms with E-state index in [0.29, 0.717) is 0 Å². The van der Waals surface area contributed by atoms with Crippen molar-refractivity contribution in [3.05, 3.63) is 74.8 Å². The number of halogens is 1. The lowest BCUT2D eigenvalue weighted by Gasteiger charge is -2.19. The van der Waals surface area contributed by atoms with Crippen LogP contribution in [0.3, 0.4) is 0 Å². The molecule has 2 aromatic carbocycles. The van der Waals surface area contributed by atoms with Crippen LogP contribution in [0, 0.1) is 16.0 Å². The molecule has 26 heavy (non-hydrogen) atoms. The van der Waals surface area contributed by atoms with Crippen LogP contribution in [-0.4, -0.2) is 26.4 Å². The molecule has 0 saturated carbocycles. The Morgan fingerprint density at radius 3 is 2.58 bits per heavy atom. The first-order valence-corrected chi connectivity index (χ1v) is 8.11. The van der Waals surface area contributed by atoms with Gasteiger partial charge in [-0.25, -0.2) is 9.36 Å². The molecule has 0 radical (unpaired) electrons. The SMILES string of the molecule is O=C([C@H](CCl)[C@H](O)c1ccccc1[N+](=O)[O-])n1c(=O)oc2ccccc21. The van der Waals surface area contributed by atoms with Crippen molar-refractivity contribution in [2.45, 2.75) is 6.10 Å². The van der Waals surface area contributed by atoms with Gasteiger partial charge in [-0.05, 0) is 18.2 Å². The third-order valence-electron chi connectivity index (χ3n) is 4.02. The van der Waals surface area contributed by atoms with Crippen molar-refractivity contribution < 1.29 is 19.2 Å². The standard InChI is InChI=1S/C17H13ClN2O6/c18-9-11(15(21)10-5-1-2-6-12(10)20(24)25)16(22)19-13-7-3-4-8-14(13)26-17(19)23/h1-8,11,15,21H,9H2/t11-,15-/m1/s1. The molecule has 1 aromatic heterocycles. The minimum Gasteiger partial charge on any atom is -0.407 e. The zero-order valence-corrected chi connectivity index (χ0v) is 14.0. The van der Waals surface area contributed by atoms with Crippen LogP contribution in [-0.2, 0) is 0 Å². The van der Waals surface area contributed by atoms with Crippen molar-refractivity contribution in [3.63, 3.8) is 0 Å². The van der Waals surface area contributed by atoms with Crippen molar-refractivity contribution in [1.82, 2.24) is 4.57 Å². The Labute approximate surface area is 151 Å². The molecule has 0 unspecified atom stereocenters. The molecular weight excluding hydrogens is 364 g/mol. The summed E-state index contributed by atoms with van der Waals surface area (Å²) >= 11 is 5.86. The highest BCUT2D eigenvalue weighted by Crippen LogP contribution is 2.31. The Balaban J connectivity index is 2.06. The summed E-state index contributed by atoms with van der Waals surface area (Å²) in [6, 6.07) is 11.8. The molecule has 0 bridgehead atoms. The van der Waals surface area contributed by atoms with Gasteiger partial charge in [-0.3, -0.25) is 14.9 Å². The Morgan fingerprint density at radius 1 is 1.23 bits per heavy atom. The molecule has 0 saturated heterocycles. The molecule has 134 valence electrons. The van der Waals surface area contributed by atoms with Gasteiger partial charge in [0.05, 0.1) is 28.0 Å². The number of aromatic nitrogens is 1. The topological polar surface area (TPSA) is 116 Å². The first-order valence-electron chi connectivity index (χ1n) is 7.58. The monoisotopic (exact) mass is 376 g/mol. The first-order chi connectivity index (χ1) is 12.5. The summed E-state index contributed by atoms with van der Waals surface area (Å²) in [6.45, 7) is 0. The summed E-state index contributed by atoms with van der Waals surface area (Å²) in [4.78, 5) is 35.4. The molecular formula is C17H13ClN2O6. The number of aliphatic hydroxyl groups is 1. The smallest absolute Gasteiger partial charge is 0.407 e. The van der Waals surface area contributed by atoms with Crippen molar-refractivity contribution in [3.8, 4) is 0 Å². The quantitative estimate of drug-likeness (QED) is 0.416. The molecule has 0 aliphatic carbocycles. The number of nitrogens with zero attached hydrogens (tertiary/aromatic N) is 2. The Hall–Kier alpha value is -2.97. The summed E-state index contributed by atoms with van der Waals surface area (Å²) in [6.07, 6.45) is -1.57. The largest absolute Gasteiger partial charge is 0.426 e. The van der Waals surface area contributed by atoms with E-state index in [2.05, 4.69) is 0 Å². The molecule has 1 heterocycles. The summed E-state index contributed by atoms with van der Waals surface area (Å²) in [5.41, 5.74) is 0.0383. The lowest BCUT2D eigenvalue weighted by molar-refractivity contribution is -0.386. The summed E-state index contributed by atoms with van der Waals surface area (Å²) in [7, 11) is 0. The predicted molar refractivity (Wildman–Crippen MR) is 93.4 cm³/mol.